The zero-order valence-corrected chi connectivity index (χ0v) is 19.1. The number of ether oxygens (including phenoxy) is 2. The minimum atomic E-state index is -0.743. The Balaban J connectivity index is 1.56. The second-order valence-corrected chi connectivity index (χ2v) is 7.67. The third kappa shape index (κ3) is 6.42. The number of amides is 4. The summed E-state index contributed by atoms with van der Waals surface area (Å²) in [4.78, 5) is 43.2. The number of imide groups is 1. The van der Waals surface area contributed by atoms with Crippen LogP contribution < -0.4 is 10.6 Å². The number of methoxy groups -OCH3 is 2. The van der Waals surface area contributed by atoms with Crippen molar-refractivity contribution in [3.8, 4) is 0 Å². The fraction of sp³-hybridized carbons (Fsp3) is 0.391. The molecule has 0 saturated carbocycles. The molecule has 176 valence electrons. The minimum absolute atomic E-state index is 0.171. The molecule has 2 heterocycles. The number of hydrogen-bond acceptors (Lipinski definition) is 7. The molecule has 1 aromatic carbocycles. The van der Waals surface area contributed by atoms with Crippen LogP contribution in [-0.2, 0) is 29.0 Å². The van der Waals surface area contributed by atoms with Gasteiger partial charge < -0.3 is 20.1 Å². The van der Waals surface area contributed by atoms with Gasteiger partial charge in [-0.25, -0.2) is 19.3 Å². The van der Waals surface area contributed by atoms with Gasteiger partial charge in [0.25, 0.3) is 0 Å². The van der Waals surface area contributed by atoms with Crippen LogP contribution in [-0.4, -0.2) is 66.9 Å². The molecule has 2 N–H and O–H groups in total. The lowest BCUT2D eigenvalue weighted by molar-refractivity contribution is 0.0927. The molecule has 0 bridgehead atoms. The lowest BCUT2D eigenvalue weighted by Gasteiger charge is -2.31. The molecule has 1 aromatic heterocycles. The Morgan fingerprint density at radius 3 is 2.55 bits per heavy atom. The monoisotopic (exact) mass is 455 g/mol. The highest BCUT2D eigenvalue weighted by Gasteiger charge is 2.25. The first kappa shape index (κ1) is 24.0. The molecule has 3 rings (SSSR count). The Kier molecular flexibility index (Phi) is 8.20. The number of carbonyl (C=O) groups excluding carboxylic acids is 3. The van der Waals surface area contributed by atoms with Gasteiger partial charge in [0.05, 0.1) is 26.1 Å². The van der Waals surface area contributed by atoms with E-state index in [0.717, 1.165) is 34.7 Å². The maximum Gasteiger partial charge on any atom is 0.419 e. The molecule has 0 unspecified atom stereocenters. The van der Waals surface area contributed by atoms with Crippen LogP contribution in [0.4, 0.5) is 20.1 Å². The number of anilines is 1. The average molecular weight is 456 g/mol. The minimum Gasteiger partial charge on any atom is -0.452 e. The van der Waals surface area contributed by atoms with Gasteiger partial charge in [-0.2, -0.15) is 0 Å². The Morgan fingerprint density at radius 2 is 1.88 bits per heavy atom. The Morgan fingerprint density at radius 1 is 1.12 bits per heavy atom. The van der Waals surface area contributed by atoms with Crippen LogP contribution in [0.25, 0.3) is 0 Å². The van der Waals surface area contributed by atoms with E-state index in [1.54, 1.807) is 6.20 Å². The maximum absolute atomic E-state index is 12.3. The van der Waals surface area contributed by atoms with Crippen molar-refractivity contribution >= 4 is 23.9 Å². The number of rotatable bonds is 6. The molecular formula is C23H29N5O5. The molecule has 2 aromatic rings. The van der Waals surface area contributed by atoms with Crippen molar-refractivity contribution < 1.29 is 23.9 Å². The highest BCUT2D eigenvalue weighted by atomic mass is 16.6. The fourth-order valence-corrected chi connectivity index (χ4v) is 3.71. The molecule has 0 atom stereocenters. The second kappa shape index (κ2) is 11.3. The largest absolute Gasteiger partial charge is 0.452 e. The molecular weight excluding hydrogens is 426 g/mol. The van der Waals surface area contributed by atoms with Gasteiger partial charge in [-0.3, -0.25) is 9.88 Å². The van der Waals surface area contributed by atoms with Gasteiger partial charge in [0, 0.05) is 38.4 Å². The highest BCUT2D eigenvalue weighted by Crippen LogP contribution is 2.22. The summed E-state index contributed by atoms with van der Waals surface area (Å²) in [5, 5.41) is 5.68. The van der Waals surface area contributed by atoms with Crippen molar-refractivity contribution in [2.24, 2.45) is 0 Å². The first-order chi connectivity index (χ1) is 15.9. The first-order valence-corrected chi connectivity index (χ1v) is 10.6. The van der Waals surface area contributed by atoms with Crippen LogP contribution in [0.3, 0.4) is 0 Å². The Hall–Kier alpha value is -3.66. The standard InChI is InChI=1S/C23H29N5O5/c1-16-7-8-19(14-24-16)26-21(29)25-13-17-5-4-6-18-15-27(10-9-20(17)18)11-12-28(22(30)32-2)23(31)33-3/h4-8,14H,9-13,15H2,1-3H3,(H2,25,26,29). The van der Waals surface area contributed by atoms with Crippen molar-refractivity contribution in [1.82, 2.24) is 20.1 Å². The van der Waals surface area contributed by atoms with Gasteiger partial charge in [-0.05, 0) is 42.2 Å². The second-order valence-electron chi connectivity index (χ2n) is 7.67. The van der Waals surface area contributed by atoms with Gasteiger partial charge in [0.1, 0.15) is 0 Å². The average Bonchev–Trinajstić information content (AvgIpc) is 2.83. The van der Waals surface area contributed by atoms with Gasteiger partial charge in [-0.15, -0.1) is 0 Å². The molecule has 4 amide bonds. The SMILES string of the molecule is COC(=O)N(CCN1CCc2c(CNC(=O)Nc3ccc(C)nc3)cccc2C1)C(=O)OC. The molecule has 1 aliphatic rings. The summed E-state index contributed by atoms with van der Waals surface area (Å²) in [7, 11) is 2.45. The van der Waals surface area contributed by atoms with Gasteiger partial charge >= 0.3 is 18.2 Å². The van der Waals surface area contributed by atoms with E-state index in [1.807, 2.05) is 31.2 Å². The molecule has 0 saturated heterocycles. The van der Waals surface area contributed by atoms with Gasteiger partial charge in [0.15, 0.2) is 0 Å². The quantitative estimate of drug-likeness (QED) is 0.689. The first-order valence-electron chi connectivity index (χ1n) is 10.6. The number of aromatic nitrogens is 1. The summed E-state index contributed by atoms with van der Waals surface area (Å²) in [5.41, 5.74) is 4.95. The van der Waals surface area contributed by atoms with E-state index in [0.29, 0.717) is 25.3 Å². The van der Waals surface area contributed by atoms with Crippen LogP contribution in [0.2, 0.25) is 0 Å². The molecule has 10 heteroatoms. The lowest BCUT2D eigenvalue weighted by Crippen LogP contribution is -2.43. The highest BCUT2D eigenvalue weighted by molar-refractivity contribution is 5.89. The van der Waals surface area contributed by atoms with Crippen molar-refractivity contribution in [3.63, 3.8) is 0 Å². The summed E-state index contributed by atoms with van der Waals surface area (Å²) >= 11 is 0. The van der Waals surface area contributed by atoms with Crippen LogP contribution in [0.1, 0.15) is 22.4 Å². The smallest absolute Gasteiger partial charge is 0.419 e. The summed E-state index contributed by atoms with van der Waals surface area (Å²) in [6.45, 7) is 4.41. The number of fused-ring (bicyclic) bond motifs is 1. The third-order valence-electron chi connectivity index (χ3n) is 5.48. The van der Waals surface area contributed by atoms with E-state index in [9.17, 15) is 14.4 Å². The van der Waals surface area contributed by atoms with Gasteiger partial charge in [0.2, 0.25) is 0 Å². The van der Waals surface area contributed by atoms with Crippen LogP contribution in [0, 0.1) is 6.92 Å². The van der Waals surface area contributed by atoms with Crippen molar-refractivity contribution in [2.45, 2.75) is 26.4 Å². The van der Waals surface area contributed by atoms with Crippen molar-refractivity contribution in [3.05, 3.63) is 58.9 Å². The van der Waals surface area contributed by atoms with Crippen molar-refractivity contribution in [1.29, 1.82) is 0 Å². The summed E-state index contributed by atoms with van der Waals surface area (Å²) in [6, 6.07) is 9.39. The van der Waals surface area contributed by atoms with Crippen LogP contribution in [0.15, 0.2) is 36.5 Å². The zero-order chi connectivity index (χ0) is 23.8. The maximum atomic E-state index is 12.3. The molecule has 0 fully saturated rings. The van der Waals surface area contributed by atoms with E-state index in [2.05, 4.69) is 36.1 Å². The zero-order valence-electron chi connectivity index (χ0n) is 19.1. The van der Waals surface area contributed by atoms with E-state index in [-0.39, 0.29) is 12.6 Å². The predicted octanol–water partition coefficient (Wildman–Crippen LogP) is 2.90. The van der Waals surface area contributed by atoms with Crippen molar-refractivity contribution in [2.75, 3.05) is 39.2 Å². The number of urea groups is 1. The van der Waals surface area contributed by atoms with Gasteiger partial charge in [-0.1, -0.05) is 18.2 Å². The summed E-state index contributed by atoms with van der Waals surface area (Å²) in [5.74, 6) is 0. The molecule has 1 aliphatic heterocycles. The molecule has 0 aliphatic carbocycles. The summed E-state index contributed by atoms with van der Waals surface area (Å²) in [6.07, 6.45) is 0.933. The number of nitrogens with zero attached hydrogens (tertiary/aromatic N) is 3. The number of hydrogen-bond donors (Lipinski definition) is 2. The predicted molar refractivity (Wildman–Crippen MR) is 122 cm³/mol. The molecule has 10 nitrogen and oxygen atoms in total. The van der Waals surface area contributed by atoms with E-state index >= 15 is 0 Å². The molecule has 0 spiro atoms. The van der Waals surface area contributed by atoms with Crippen LogP contribution in [0.5, 0.6) is 0 Å². The fourth-order valence-electron chi connectivity index (χ4n) is 3.71. The summed E-state index contributed by atoms with van der Waals surface area (Å²) < 4.78 is 9.32. The normalized spacial score (nSPS) is 12.9. The van der Waals surface area contributed by atoms with E-state index in [4.69, 9.17) is 0 Å². The van der Waals surface area contributed by atoms with Crippen LogP contribution >= 0.6 is 0 Å². The number of pyridine rings is 1. The number of carbonyl (C=O) groups is 3. The lowest BCUT2D eigenvalue weighted by atomic mass is 9.94. The molecule has 33 heavy (non-hydrogen) atoms. The molecule has 0 radical (unpaired) electrons. The number of benzene rings is 1. The van der Waals surface area contributed by atoms with E-state index in [1.165, 1.54) is 19.8 Å². The number of nitrogens with one attached hydrogen (secondary N) is 2. The third-order valence-corrected chi connectivity index (χ3v) is 5.48. The Bertz CT molecular complexity index is 979. The number of aryl methyl sites for hydroxylation is 1. The van der Waals surface area contributed by atoms with E-state index < -0.39 is 12.2 Å². The Labute approximate surface area is 192 Å². The topological polar surface area (TPSA) is 113 Å².